The Morgan fingerprint density at radius 3 is 2.92 bits per heavy atom. The summed E-state index contributed by atoms with van der Waals surface area (Å²) in [5.41, 5.74) is 0. The van der Waals surface area contributed by atoms with Crippen LogP contribution in [0.25, 0.3) is 0 Å². The molecule has 0 aromatic carbocycles. The predicted molar refractivity (Wildman–Crippen MR) is 54.1 cm³/mol. The molecular formula is C8H15N3OS. The van der Waals surface area contributed by atoms with Crippen LogP contribution in [0.4, 0.5) is 5.13 Å². The summed E-state index contributed by atoms with van der Waals surface area (Å²) < 4.78 is 4.04. The molecule has 0 aliphatic heterocycles. The fourth-order valence-corrected chi connectivity index (χ4v) is 1.52. The van der Waals surface area contributed by atoms with E-state index >= 15 is 0 Å². The number of aliphatic hydroxyl groups is 1. The van der Waals surface area contributed by atoms with Crippen LogP contribution in [0.5, 0.6) is 0 Å². The predicted octanol–water partition coefficient (Wildman–Crippen LogP) is 1.42. The van der Waals surface area contributed by atoms with E-state index in [-0.39, 0.29) is 6.10 Å². The summed E-state index contributed by atoms with van der Waals surface area (Å²) in [6.07, 6.45) is 1.35. The van der Waals surface area contributed by atoms with Crippen molar-refractivity contribution >= 4 is 16.7 Å². The molecule has 74 valence electrons. The molecule has 4 nitrogen and oxygen atoms in total. The summed E-state index contributed by atoms with van der Waals surface area (Å²) in [4.78, 5) is 4.15. The van der Waals surface area contributed by atoms with Gasteiger partial charge in [-0.25, -0.2) is 4.98 Å². The number of aliphatic hydroxyl groups excluding tert-OH is 1. The van der Waals surface area contributed by atoms with Crippen molar-refractivity contribution in [3.05, 3.63) is 5.82 Å². The lowest BCUT2D eigenvalue weighted by Crippen LogP contribution is -2.12. The Morgan fingerprint density at radius 1 is 1.62 bits per heavy atom. The van der Waals surface area contributed by atoms with Crippen molar-refractivity contribution < 1.29 is 5.11 Å². The van der Waals surface area contributed by atoms with Crippen LogP contribution in [0.3, 0.4) is 0 Å². The molecule has 0 aliphatic carbocycles. The molecule has 1 atom stereocenters. The first-order valence-electron chi connectivity index (χ1n) is 4.44. The van der Waals surface area contributed by atoms with Gasteiger partial charge in [0, 0.05) is 18.1 Å². The number of rotatable bonds is 5. The maximum absolute atomic E-state index is 9.27. The SMILES string of the molecule is CCC(O)CCNc1nc(C)ns1. The van der Waals surface area contributed by atoms with E-state index in [1.807, 2.05) is 13.8 Å². The fraction of sp³-hybridized carbons (Fsp3) is 0.750. The highest BCUT2D eigenvalue weighted by atomic mass is 32.1. The Bertz CT molecular complexity index is 251. The Hall–Kier alpha value is -0.680. The summed E-state index contributed by atoms with van der Waals surface area (Å²) in [6.45, 7) is 4.59. The second kappa shape index (κ2) is 5.14. The first-order valence-corrected chi connectivity index (χ1v) is 5.22. The lowest BCUT2D eigenvalue weighted by molar-refractivity contribution is 0.164. The van der Waals surface area contributed by atoms with Gasteiger partial charge in [-0.15, -0.1) is 0 Å². The molecule has 0 radical (unpaired) electrons. The van der Waals surface area contributed by atoms with Crippen molar-refractivity contribution in [3.63, 3.8) is 0 Å². The zero-order valence-corrected chi connectivity index (χ0v) is 8.77. The maximum Gasteiger partial charge on any atom is 0.202 e. The summed E-state index contributed by atoms with van der Waals surface area (Å²) >= 11 is 1.35. The molecule has 0 aliphatic rings. The monoisotopic (exact) mass is 201 g/mol. The van der Waals surface area contributed by atoms with Crippen LogP contribution >= 0.6 is 11.5 Å². The van der Waals surface area contributed by atoms with Gasteiger partial charge in [-0.2, -0.15) is 4.37 Å². The minimum absolute atomic E-state index is 0.207. The molecule has 2 N–H and O–H groups in total. The van der Waals surface area contributed by atoms with Crippen LogP contribution in [0.2, 0.25) is 0 Å². The van der Waals surface area contributed by atoms with E-state index in [0.29, 0.717) is 0 Å². The third-order valence-corrected chi connectivity index (χ3v) is 2.52. The summed E-state index contributed by atoms with van der Waals surface area (Å²) in [6, 6.07) is 0. The van der Waals surface area contributed by atoms with Crippen LogP contribution in [0, 0.1) is 6.92 Å². The van der Waals surface area contributed by atoms with E-state index in [0.717, 1.165) is 30.3 Å². The quantitative estimate of drug-likeness (QED) is 0.756. The van der Waals surface area contributed by atoms with Crippen molar-refractivity contribution in [2.75, 3.05) is 11.9 Å². The number of anilines is 1. The van der Waals surface area contributed by atoms with Gasteiger partial charge in [0.2, 0.25) is 5.13 Å². The number of aryl methyl sites for hydroxylation is 1. The van der Waals surface area contributed by atoms with Gasteiger partial charge in [0.25, 0.3) is 0 Å². The van der Waals surface area contributed by atoms with E-state index in [4.69, 9.17) is 0 Å². The third kappa shape index (κ3) is 3.69. The lowest BCUT2D eigenvalue weighted by atomic mass is 10.2. The average molecular weight is 201 g/mol. The number of nitrogens with zero attached hydrogens (tertiary/aromatic N) is 2. The summed E-state index contributed by atoms with van der Waals surface area (Å²) in [5, 5.41) is 13.2. The normalized spacial score (nSPS) is 12.8. The topological polar surface area (TPSA) is 58.0 Å². The molecule has 13 heavy (non-hydrogen) atoms. The molecule has 1 rings (SSSR count). The standard InChI is InChI=1S/C8H15N3OS/c1-3-7(12)4-5-9-8-10-6(2)11-13-8/h7,12H,3-5H2,1-2H3,(H,9,10,11). The lowest BCUT2D eigenvalue weighted by Gasteiger charge is -2.06. The first kappa shape index (κ1) is 10.4. The molecule has 0 fully saturated rings. The Labute approximate surface area is 82.2 Å². The largest absolute Gasteiger partial charge is 0.393 e. The Morgan fingerprint density at radius 2 is 2.38 bits per heavy atom. The minimum atomic E-state index is -0.207. The first-order chi connectivity index (χ1) is 6.22. The smallest absolute Gasteiger partial charge is 0.202 e. The van der Waals surface area contributed by atoms with E-state index in [1.54, 1.807) is 0 Å². The summed E-state index contributed by atoms with van der Waals surface area (Å²) in [7, 11) is 0. The van der Waals surface area contributed by atoms with Gasteiger partial charge >= 0.3 is 0 Å². The molecule has 0 bridgehead atoms. The Kier molecular flexibility index (Phi) is 4.11. The number of nitrogens with one attached hydrogen (secondary N) is 1. The second-order valence-electron chi connectivity index (χ2n) is 2.92. The molecule has 0 amide bonds. The van der Waals surface area contributed by atoms with E-state index in [9.17, 15) is 5.11 Å². The van der Waals surface area contributed by atoms with Crippen LogP contribution in [0.1, 0.15) is 25.6 Å². The fourth-order valence-electron chi connectivity index (χ4n) is 0.919. The maximum atomic E-state index is 9.27. The van der Waals surface area contributed by atoms with Crippen molar-refractivity contribution in [1.82, 2.24) is 9.36 Å². The van der Waals surface area contributed by atoms with Crippen LogP contribution in [-0.4, -0.2) is 27.1 Å². The molecule has 0 saturated heterocycles. The van der Waals surface area contributed by atoms with Crippen molar-refractivity contribution in [1.29, 1.82) is 0 Å². The van der Waals surface area contributed by atoms with Gasteiger partial charge in [-0.05, 0) is 19.8 Å². The molecule has 0 saturated carbocycles. The zero-order chi connectivity index (χ0) is 9.68. The van der Waals surface area contributed by atoms with Gasteiger partial charge in [0.15, 0.2) is 0 Å². The van der Waals surface area contributed by atoms with Crippen molar-refractivity contribution in [3.8, 4) is 0 Å². The van der Waals surface area contributed by atoms with E-state index < -0.39 is 0 Å². The Balaban J connectivity index is 2.20. The average Bonchev–Trinajstić information content (AvgIpc) is 2.51. The third-order valence-electron chi connectivity index (χ3n) is 1.75. The highest BCUT2D eigenvalue weighted by molar-refractivity contribution is 7.09. The van der Waals surface area contributed by atoms with Gasteiger partial charge in [-0.3, -0.25) is 0 Å². The van der Waals surface area contributed by atoms with Crippen molar-refractivity contribution in [2.45, 2.75) is 32.8 Å². The molecule has 1 heterocycles. The highest BCUT2D eigenvalue weighted by Gasteiger charge is 2.01. The van der Waals surface area contributed by atoms with Crippen LogP contribution in [-0.2, 0) is 0 Å². The molecule has 1 unspecified atom stereocenters. The molecule has 5 heteroatoms. The van der Waals surface area contributed by atoms with Gasteiger partial charge < -0.3 is 10.4 Å². The van der Waals surface area contributed by atoms with Crippen LogP contribution in [0.15, 0.2) is 0 Å². The summed E-state index contributed by atoms with van der Waals surface area (Å²) in [5.74, 6) is 0.795. The highest BCUT2D eigenvalue weighted by Crippen LogP contribution is 2.10. The van der Waals surface area contributed by atoms with Gasteiger partial charge in [0.05, 0.1) is 6.10 Å². The minimum Gasteiger partial charge on any atom is -0.393 e. The van der Waals surface area contributed by atoms with Crippen molar-refractivity contribution in [2.24, 2.45) is 0 Å². The molecular weight excluding hydrogens is 186 g/mol. The van der Waals surface area contributed by atoms with Gasteiger partial charge in [-0.1, -0.05) is 6.92 Å². The molecule has 0 spiro atoms. The number of hydrogen-bond donors (Lipinski definition) is 2. The van der Waals surface area contributed by atoms with Gasteiger partial charge in [0.1, 0.15) is 5.82 Å². The number of aromatic nitrogens is 2. The van der Waals surface area contributed by atoms with E-state index in [2.05, 4.69) is 14.7 Å². The number of hydrogen-bond acceptors (Lipinski definition) is 5. The zero-order valence-electron chi connectivity index (χ0n) is 7.95. The second-order valence-corrected chi connectivity index (χ2v) is 3.68. The molecule has 1 aromatic rings. The van der Waals surface area contributed by atoms with Crippen LogP contribution < -0.4 is 5.32 Å². The van der Waals surface area contributed by atoms with E-state index in [1.165, 1.54) is 11.5 Å². The molecule has 1 aromatic heterocycles.